The molecule has 0 radical (unpaired) electrons. The molecule has 0 fully saturated rings. The second kappa shape index (κ2) is 4.60. The van der Waals surface area contributed by atoms with Gasteiger partial charge in [0.05, 0.1) is 21.8 Å². The van der Waals surface area contributed by atoms with E-state index in [1.165, 1.54) is 12.1 Å². The minimum atomic E-state index is -0.750. The first-order valence-electron chi connectivity index (χ1n) is 4.08. The van der Waals surface area contributed by atoms with Crippen molar-refractivity contribution in [1.82, 2.24) is 0 Å². The maximum atomic E-state index is 8.77. The van der Waals surface area contributed by atoms with Crippen LogP contribution in [0.1, 0.15) is 11.1 Å². The Morgan fingerprint density at radius 1 is 0.938 bits per heavy atom. The van der Waals surface area contributed by atoms with Gasteiger partial charge in [-0.1, -0.05) is 0 Å². The van der Waals surface area contributed by atoms with E-state index in [-0.39, 0.29) is 30.0 Å². The molecule has 2 rings (SSSR count). The third kappa shape index (κ3) is 1.81. The molecule has 0 aliphatic carbocycles. The Kier molecular flexibility index (Phi) is 3.44. The number of hydrogen-bond donors (Lipinski definition) is 0. The number of nitriles is 3. The van der Waals surface area contributed by atoms with Crippen molar-refractivity contribution in [3.63, 3.8) is 0 Å². The van der Waals surface area contributed by atoms with E-state index >= 15 is 0 Å². The van der Waals surface area contributed by atoms with Crippen LogP contribution in [-0.2, 0) is 0 Å². The summed E-state index contributed by atoms with van der Waals surface area (Å²) in [4.78, 5) is 7.93. The zero-order chi connectivity index (χ0) is 10.8. The Balaban J connectivity index is 0.00000128. The molecule has 16 heavy (non-hydrogen) atoms. The molecule has 1 aromatic carbocycles. The van der Waals surface area contributed by atoms with Gasteiger partial charge in [0.25, 0.3) is 0 Å². The van der Waals surface area contributed by atoms with Crippen molar-refractivity contribution in [3.8, 4) is 18.2 Å². The van der Waals surface area contributed by atoms with Crippen molar-refractivity contribution in [1.29, 1.82) is 15.8 Å². The normalized spacial score (nSPS) is 11.8. The summed E-state index contributed by atoms with van der Waals surface area (Å²) in [5.41, 5.74) is 0.516. The SMILES string of the molecule is N#Cc1cc2c(cc1C#N)=NC(C#N)N=2.[LiH]. The van der Waals surface area contributed by atoms with Gasteiger partial charge in [-0.3, -0.25) is 0 Å². The zero-order valence-corrected chi connectivity index (χ0v) is 7.47. The molecule has 1 aliphatic heterocycles. The van der Waals surface area contributed by atoms with E-state index in [1.54, 1.807) is 0 Å². The molecule has 0 atom stereocenters. The van der Waals surface area contributed by atoms with Crippen LogP contribution in [0.15, 0.2) is 22.1 Å². The summed E-state index contributed by atoms with van der Waals surface area (Å²) in [6, 6.07) is 8.65. The predicted octanol–water partition coefficient (Wildman–Crippen LogP) is -1.12. The summed E-state index contributed by atoms with van der Waals surface area (Å²) >= 11 is 0. The van der Waals surface area contributed by atoms with Gasteiger partial charge in [-0.05, 0) is 12.1 Å². The predicted molar refractivity (Wildman–Crippen MR) is 54.7 cm³/mol. The monoisotopic (exact) mass is 201 g/mol. The van der Waals surface area contributed by atoms with Gasteiger partial charge in [-0.2, -0.15) is 15.8 Å². The van der Waals surface area contributed by atoms with Crippen LogP contribution >= 0.6 is 0 Å². The molecular formula is C10H4LiN5. The van der Waals surface area contributed by atoms with Gasteiger partial charge in [0.1, 0.15) is 18.2 Å². The number of nitrogens with zero attached hydrogens (tertiary/aromatic N) is 5. The van der Waals surface area contributed by atoms with Crippen molar-refractivity contribution >= 4 is 18.9 Å². The first kappa shape index (κ1) is 12.0. The molecule has 0 N–H and O–H groups in total. The molecule has 70 valence electrons. The number of rotatable bonds is 0. The van der Waals surface area contributed by atoms with Gasteiger partial charge in [-0.15, -0.1) is 0 Å². The summed E-state index contributed by atoms with van der Waals surface area (Å²) in [6.45, 7) is 0. The fraction of sp³-hybridized carbons (Fsp3) is 0.100. The van der Waals surface area contributed by atoms with E-state index in [2.05, 4.69) is 9.98 Å². The summed E-state index contributed by atoms with van der Waals surface area (Å²) < 4.78 is 0. The molecule has 6 heteroatoms. The molecule has 1 aliphatic rings. The van der Waals surface area contributed by atoms with Gasteiger partial charge in [0, 0.05) is 0 Å². The zero-order valence-electron chi connectivity index (χ0n) is 7.47. The standard InChI is InChI=1S/C10H3N5.Li.H/c11-3-6-1-8-9(2-7(6)4-12)15-10(5-13)14-8;;/h1-2,10H;;. The van der Waals surface area contributed by atoms with E-state index in [0.717, 1.165) is 0 Å². The number of fused-ring (bicyclic) bond motifs is 1. The van der Waals surface area contributed by atoms with Gasteiger partial charge in [-0.25, -0.2) is 9.98 Å². The van der Waals surface area contributed by atoms with Crippen LogP contribution < -0.4 is 10.7 Å². The Hall–Kier alpha value is -2.11. The minimum absolute atomic E-state index is 0. The van der Waals surface area contributed by atoms with E-state index in [9.17, 15) is 0 Å². The Bertz CT molecular complexity index is 618. The number of benzene rings is 1. The van der Waals surface area contributed by atoms with Crippen LogP contribution in [0.2, 0.25) is 0 Å². The molecule has 0 amide bonds. The van der Waals surface area contributed by atoms with E-state index in [1.807, 2.05) is 18.2 Å². The van der Waals surface area contributed by atoms with Crippen molar-refractivity contribution in [2.24, 2.45) is 9.98 Å². The molecule has 1 aromatic rings. The molecule has 1 heterocycles. The third-order valence-corrected chi connectivity index (χ3v) is 1.99. The van der Waals surface area contributed by atoms with Crippen LogP contribution in [0.4, 0.5) is 0 Å². The van der Waals surface area contributed by atoms with Crippen molar-refractivity contribution in [2.75, 3.05) is 0 Å². The molecule has 5 nitrogen and oxygen atoms in total. The van der Waals surface area contributed by atoms with Gasteiger partial charge in [0.2, 0.25) is 6.17 Å². The van der Waals surface area contributed by atoms with Crippen LogP contribution in [0.5, 0.6) is 0 Å². The summed E-state index contributed by atoms with van der Waals surface area (Å²) in [5.74, 6) is 0. The third-order valence-electron chi connectivity index (χ3n) is 1.99. The second-order valence-electron chi connectivity index (χ2n) is 2.87. The van der Waals surface area contributed by atoms with Crippen LogP contribution in [-0.4, -0.2) is 25.0 Å². The average molecular weight is 201 g/mol. The summed E-state index contributed by atoms with van der Waals surface area (Å²) in [5, 5.41) is 27.1. The number of hydrogen-bond acceptors (Lipinski definition) is 5. The quantitative estimate of drug-likeness (QED) is 0.497. The van der Waals surface area contributed by atoms with Crippen molar-refractivity contribution in [2.45, 2.75) is 6.17 Å². The van der Waals surface area contributed by atoms with Crippen LogP contribution in [0, 0.1) is 34.0 Å². The van der Waals surface area contributed by atoms with Gasteiger partial charge in [0.15, 0.2) is 0 Å². The second-order valence-corrected chi connectivity index (χ2v) is 2.87. The van der Waals surface area contributed by atoms with Crippen molar-refractivity contribution < 1.29 is 0 Å². The fourth-order valence-electron chi connectivity index (χ4n) is 1.32. The first-order chi connectivity index (χ1) is 7.28. The molecule has 0 bridgehead atoms. The van der Waals surface area contributed by atoms with Crippen LogP contribution in [0.3, 0.4) is 0 Å². The molecule has 0 saturated carbocycles. The molecular weight excluding hydrogens is 197 g/mol. The Morgan fingerprint density at radius 3 is 1.69 bits per heavy atom. The summed E-state index contributed by atoms with van der Waals surface area (Å²) in [7, 11) is 0. The van der Waals surface area contributed by atoms with Crippen LogP contribution in [0.25, 0.3) is 0 Å². The molecule has 0 spiro atoms. The van der Waals surface area contributed by atoms with E-state index in [0.29, 0.717) is 10.7 Å². The van der Waals surface area contributed by atoms with Gasteiger partial charge < -0.3 is 0 Å². The summed E-state index contributed by atoms with van der Waals surface area (Å²) in [6.07, 6.45) is -0.750. The van der Waals surface area contributed by atoms with E-state index < -0.39 is 6.17 Å². The first-order valence-corrected chi connectivity index (χ1v) is 4.08. The topological polar surface area (TPSA) is 96.1 Å². The fourth-order valence-corrected chi connectivity index (χ4v) is 1.32. The van der Waals surface area contributed by atoms with Crippen molar-refractivity contribution in [3.05, 3.63) is 34.0 Å². The Labute approximate surface area is 103 Å². The average Bonchev–Trinajstić information content (AvgIpc) is 2.68. The Morgan fingerprint density at radius 2 is 1.38 bits per heavy atom. The molecule has 0 saturated heterocycles. The maximum absolute atomic E-state index is 8.77. The van der Waals surface area contributed by atoms with E-state index in [4.69, 9.17) is 15.8 Å². The molecule has 0 aromatic heterocycles. The molecule has 0 unspecified atom stereocenters. The van der Waals surface area contributed by atoms with Gasteiger partial charge >= 0.3 is 18.9 Å².